The van der Waals surface area contributed by atoms with E-state index in [2.05, 4.69) is 21.4 Å². The lowest BCUT2D eigenvalue weighted by Crippen LogP contribution is -2.19. The van der Waals surface area contributed by atoms with Crippen molar-refractivity contribution in [2.75, 3.05) is 19.5 Å². The fourth-order valence-electron chi connectivity index (χ4n) is 1.04. The molecule has 0 saturated carbocycles. The highest BCUT2D eigenvalue weighted by molar-refractivity contribution is 9.10. The zero-order valence-corrected chi connectivity index (χ0v) is 10.4. The lowest BCUT2D eigenvalue weighted by Gasteiger charge is -2.14. The quantitative estimate of drug-likeness (QED) is 0.653. The molecule has 0 bridgehead atoms. The number of nitrogens with zero attached hydrogens (tertiary/aromatic N) is 1. The van der Waals surface area contributed by atoms with Gasteiger partial charge in [-0.2, -0.15) is 0 Å². The van der Waals surface area contributed by atoms with E-state index < -0.39 is 0 Å². The number of nitrogens with two attached hydrogens (primary N) is 1. The molecule has 1 rings (SSSR count). The van der Waals surface area contributed by atoms with Crippen LogP contribution in [0.1, 0.15) is 5.56 Å². The minimum atomic E-state index is 0.397. The second-order valence-corrected chi connectivity index (χ2v) is 4.36. The van der Waals surface area contributed by atoms with Crippen LogP contribution in [-0.2, 0) is 0 Å². The van der Waals surface area contributed by atoms with Gasteiger partial charge in [-0.15, -0.1) is 0 Å². The molecule has 0 amide bonds. The summed E-state index contributed by atoms with van der Waals surface area (Å²) in [5.41, 5.74) is 10.5. The third-order valence-corrected chi connectivity index (χ3v) is 2.46. The van der Waals surface area contributed by atoms with Crippen LogP contribution in [0.2, 0.25) is 0 Å². The van der Waals surface area contributed by atoms with Crippen LogP contribution in [0.25, 0.3) is 0 Å². The fraction of sp³-hybridized carbons (Fsp3) is 0.222. The van der Waals surface area contributed by atoms with Gasteiger partial charge in [0.1, 0.15) is 4.99 Å². The van der Waals surface area contributed by atoms with Gasteiger partial charge in [-0.25, -0.2) is 5.01 Å². The number of thiocarbonyl (C=S) groups is 1. The summed E-state index contributed by atoms with van der Waals surface area (Å²) >= 11 is 8.31. The molecule has 0 fully saturated rings. The standard InChI is InChI=1S/C9H12BrN3S/c1-13(2)12-6-3-4-7(9(11)14)8(10)5-6/h3-5,12H,1-2H3,(H2,11,14). The van der Waals surface area contributed by atoms with Gasteiger partial charge in [-0.3, -0.25) is 0 Å². The molecule has 5 heteroatoms. The SMILES string of the molecule is CN(C)Nc1ccc(C(N)=S)c(Br)c1. The Labute approximate surface area is 97.4 Å². The van der Waals surface area contributed by atoms with Crippen molar-refractivity contribution in [1.82, 2.24) is 5.01 Å². The monoisotopic (exact) mass is 273 g/mol. The van der Waals surface area contributed by atoms with Crippen LogP contribution >= 0.6 is 28.1 Å². The molecule has 0 radical (unpaired) electrons. The number of hydrazine groups is 1. The zero-order chi connectivity index (χ0) is 10.7. The minimum absolute atomic E-state index is 0.397. The second-order valence-electron chi connectivity index (χ2n) is 3.07. The summed E-state index contributed by atoms with van der Waals surface area (Å²) in [4.78, 5) is 0.397. The molecule has 3 nitrogen and oxygen atoms in total. The van der Waals surface area contributed by atoms with Crippen LogP contribution in [0.15, 0.2) is 22.7 Å². The van der Waals surface area contributed by atoms with E-state index in [0.29, 0.717) is 4.99 Å². The maximum Gasteiger partial charge on any atom is 0.105 e. The number of nitrogens with one attached hydrogen (secondary N) is 1. The van der Waals surface area contributed by atoms with Crippen molar-refractivity contribution in [2.24, 2.45) is 5.73 Å². The highest BCUT2D eigenvalue weighted by Crippen LogP contribution is 2.21. The molecule has 14 heavy (non-hydrogen) atoms. The van der Waals surface area contributed by atoms with Crippen LogP contribution in [-0.4, -0.2) is 24.1 Å². The molecule has 76 valence electrons. The molecule has 0 saturated heterocycles. The first-order valence-electron chi connectivity index (χ1n) is 4.04. The van der Waals surface area contributed by atoms with Crippen molar-refractivity contribution in [2.45, 2.75) is 0 Å². The molecule has 0 heterocycles. The lowest BCUT2D eigenvalue weighted by atomic mass is 10.2. The third-order valence-electron chi connectivity index (χ3n) is 1.59. The maximum absolute atomic E-state index is 5.54. The highest BCUT2D eigenvalue weighted by atomic mass is 79.9. The van der Waals surface area contributed by atoms with Crippen LogP contribution in [0, 0.1) is 0 Å². The van der Waals surface area contributed by atoms with Gasteiger partial charge < -0.3 is 11.2 Å². The van der Waals surface area contributed by atoms with Gasteiger partial charge in [-0.05, 0) is 34.1 Å². The average Bonchev–Trinajstić information content (AvgIpc) is 2.01. The molecular weight excluding hydrogens is 262 g/mol. The van der Waals surface area contributed by atoms with E-state index in [-0.39, 0.29) is 0 Å². The minimum Gasteiger partial charge on any atom is -0.389 e. The smallest absolute Gasteiger partial charge is 0.105 e. The third kappa shape index (κ3) is 2.94. The summed E-state index contributed by atoms with van der Waals surface area (Å²) < 4.78 is 0.900. The first-order valence-corrected chi connectivity index (χ1v) is 5.24. The van der Waals surface area contributed by atoms with Crippen LogP contribution < -0.4 is 11.2 Å². The van der Waals surface area contributed by atoms with E-state index >= 15 is 0 Å². The van der Waals surface area contributed by atoms with Gasteiger partial charge >= 0.3 is 0 Å². The molecule has 1 aromatic rings. The number of hydrogen-bond acceptors (Lipinski definition) is 3. The summed E-state index contributed by atoms with van der Waals surface area (Å²) in [6.07, 6.45) is 0. The Balaban J connectivity index is 2.94. The van der Waals surface area contributed by atoms with Gasteiger partial charge in [0.2, 0.25) is 0 Å². The molecule has 0 unspecified atom stereocenters. The normalized spacial score (nSPS) is 10.3. The number of anilines is 1. The molecular formula is C9H12BrN3S. The largest absolute Gasteiger partial charge is 0.389 e. The summed E-state index contributed by atoms with van der Waals surface area (Å²) in [7, 11) is 3.85. The van der Waals surface area contributed by atoms with E-state index in [1.165, 1.54) is 0 Å². The average molecular weight is 274 g/mol. The Hall–Kier alpha value is -0.650. The van der Waals surface area contributed by atoms with Crippen molar-refractivity contribution in [1.29, 1.82) is 0 Å². The van der Waals surface area contributed by atoms with Crippen molar-refractivity contribution >= 4 is 38.8 Å². The maximum atomic E-state index is 5.54. The van der Waals surface area contributed by atoms with Crippen LogP contribution in [0.5, 0.6) is 0 Å². The summed E-state index contributed by atoms with van der Waals surface area (Å²) in [5, 5.41) is 1.86. The van der Waals surface area contributed by atoms with Crippen molar-refractivity contribution in [3.63, 3.8) is 0 Å². The molecule has 3 N–H and O–H groups in total. The van der Waals surface area contributed by atoms with E-state index in [1.54, 1.807) is 0 Å². The van der Waals surface area contributed by atoms with Crippen molar-refractivity contribution in [3.8, 4) is 0 Å². The predicted octanol–water partition coefficient (Wildman–Crippen LogP) is 1.97. The van der Waals surface area contributed by atoms with Crippen LogP contribution in [0.4, 0.5) is 5.69 Å². The molecule has 0 aliphatic carbocycles. The Morgan fingerprint density at radius 3 is 2.57 bits per heavy atom. The topological polar surface area (TPSA) is 41.3 Å². The van der Waals surface area contributed by atoms with Gasteiger partial charge in [0, 0.05) is 24.1 Å². The molecule has 0 aromatic heterocycles. The van der Waals surface area contributed by atoms with E-state index in [1.807, 2.05) is 37.3 Å². The first-order chi connectivity index (χ1) is 6.50. The Bertz CT molecular complexity index is 352. The Kier molecular flexibility index (Phi) is 3.86. The van der Waals surface area contributed by atoms with Crippen molar-refractivity contribution < 1.29 is 0 Å². The summed E-state index contributed by atoms with van der Waals surface area (Å²) in [6, 6.07) is 5.76. The van der Waals surface area contributed by atoms with E-state index in [4.69, 9.17) is 18.0 Å². The first kappa shape index (κ1) is 11.4. The van der Waals surface area contributed by atoms with E-state index in [0.717, 1.165) is 15.7 Å². The molecule has 0 aliphatic rings. The van der Waals surface area contributed by atoms with Gasteiger partial charge in [0.15, 0.2) is 0 Å². The predicted molar refractivity (Wildman–Crippen MR) is 67.3 cm³/mol. The fourth-order valence-corrected chi connectivity index (χ4v) is 1.94. The van der Waals surface area contributed by atoms with Gasteiger partial charge in [-0.1, -0.05) is 12.2 Å². The molecule has 0 spiro atoms. The van der Waals surface area contributed by atoms with Gasteiger partial charge in [0.25, 0.3) is 0 Å². The van der Waals surface area contributed by atoms with Crippen molar-refractivity contribution in [3.05, 3.63) is 28.2 Å². The molecule has 0 aliphatic heterocycles. The summed E-state index contributed by atoms with van der Waals surface area (Å²) in [5.74, 6) is 0. The number of hydrogen-bond donors (Lipinski definition) is 2. The highest BCUT2D eigenvalue weighted by Gasteiger charge is 2.03. The lowest BCUT2D eigenvalue weighted by molar-refractivity contribution is 0.495. The number of halogens is 1. The Morgan fingerprint density at radius 2 is 2.14 bits per heavy atom. The van der Waals surface area contributed by atoms with Gasteiger partial charge in [0.05, 0.1) is 5.69 Å². The van der Waals surface area contributed by atoms with Crippen LogP contribution in [0.3, 0.4) is 0 Å². The summed E-state index contributed by atoms with van der Waals surface area (Å²) in [6.45, 7) is 0. The number of rotatable bonds is 3. The Morgan fingerprint density at radius 1 is 1.50 bits per heavy atom. The van der Waals surface area contributed by atoms with E-state index in [9.17, 15) is 0 Å². The molecule has 0 atom stereocenters. The molecule has 1 aromatic carbocycles. The number of benzene rings is 1. The zero-order valence-electron chi connectivity index (χ0n) is 8.04. The second kappa shape index (κ2) is 4.72.